The largest absolute Gasteiger partial charge is 0.339 e. The average molecular weight is 421 g/mol. The Kier molecular flexibility index (Phi) is 6.43. The fourth-order valence-electron chi connectivity index (χ4n) is 3.28. The molecule has 1 aliphatic rings. The van der Waals surface area contributed by atoms with Crippen LogP contribution in [0.25, 0.3) is 0 Å². The minimum Gasteiger partial charge on any atom is -0.339 e. The van der Waals surface area contributed by atoms with Gasteiger partial charge in [-0.2, -0.15) is 4.31 Å². The number of hydrogen-bond acceptors (Lipinski definition) is 3. The summed E-state index contributed by atoms with van der Waals surface area (Å²) in [5.41, 5.74) is 1.46. The lowest BCUT2D eigenvalue weighted by atomic mass is 9.98. The van der Waals surface area contributed by atoms with Gasteiger partial charge in [-0.1, -0.05) is 30.7 Å². The van der Waals surface area contributed by atoms with E-state index in [9.17, 15) is 13.2 Å². The van der Waals surface area contributed by atoms with Crippen LogP contribution in [0.4, 0.5) is 0 Å². The van der Waals surface area contributed by atoms with E-state index >= 15 is 0 Å². The van der Waals surface area contributed by atoms with Gasteiger partial charge in [-0.15, -0.1) is 0 Å². The Balaban J connectivity index is 1.66. The molecule has 0 unspecified atom stereocenters. The molecular formula is C21H25ClN2O3S. The van der Waals surface area contributed by atoms with Crippen molar-refractivity contribution in [1.82, 2.24) is 9.21 Å². The number of halogens is 1. The van der Waals surface area contributed by atoms with Crippen molar-refractivity contribution in [2.75, 3.05) is 20.1 Å². The molecule has 0 radical (unpaired) electrons. The van der Waals surface area contributed by atoms with Crippen molar-refractivity contribution in [3.05, 3.63) is 64.7 Å². The van der Waals surface area contributed by atoms with Crippen molar-refractivity contribution in [2.45, 2.75) is 31.2 Å². The Morgan fingerprint density at radius 2 is 1.64 bits per heavy atom. The van der Waals surface area contributed by atoms with Crippen LogP contribution in [0.1, 0.15) is 35.7 Å². The van der Waals surface area contributed by atoms with Gasteiger partial charge < -0.3 is 4.90 Å². The van der Waals surface area contributed by atoms with E-state index in [0.29, 0.717) is 16.5 Å². The van der Waals surface area contributed by atoms with Gasteiger partial charge in [0.2, 0.25) is 10.0 Å². The van der Waals surface area contributed by atoms with Crippen molar-refractivity contribution in [3.63, 3.8) is 0 Å². The highest BCUT2D eigenvalue weighted by Crippen LogP contribution is 2.21. The SMILES string of the molecule is CC1CCN(C(=O)c2ccc(CN(C)S(=O)(=O)c3ccc(Cl)cc3)cc2)CC1. The Morgan fingerprint density at radius 3 is 2.21 bits per heavy atom. The zero-order chi connectivity index (χ0) is 20.3. The highest BCUT2D eigenvalue weighted by molar-refractivity contribution is 7.89. The lowest BCUT2D eigenvalue weighted by molar-refractivity contribution is 0.0697. The third kappa shape index (κ3) is 4.74. The van der Waals surface area contributed by atoms with Gasteiger partial charge in [0.05, 0.1) is 4.90 Å². The molecule has 0 bridgehead atoms. The molecule has 0 spiro atoms. The summed E-state index contributed by atoms with van der Waals surface area (Å²) in [4.78, 5) is 14.7. The summed E-state index contributed by atoms with van der Waals surface area (Å²) >= 11 is 5.84. The number of sulfonamides is 1. The summed E-state index contributed by atoms with van der Waals surface area (Å²) in [7, 11) is -2.06. The summed E-state index contributed by atoms with van der Waals surface area (Å²) in [6, 6.07) is 13.3. The van der Waals surface area contributed by atoms with E-state index in [4.69, 9.17) is 11.6 Å². The van der Waals surface area contributed by atoms with Crippen molar-refractivity contribution >= 4 is 27.5 Å². The van der Waals surface area contributed by atoms with Crippen molar-refractivity contribution in [3.8, 4) is 0 Å². The van der Waals surface area contributed by atoms with Crippen LogP contribution >= 0.6 is 11.6 Å². The fraction of sp³-hybridized carbons (Fsp3) is 0.381. The third-order valence-corrected chi connectivity index (χ3v) is 7.27. The fourth-order valence-corrected chi connectivity index (χ4v) is 4.56. The molecule has 1 heterocycles. The molecule has 7 heteroatoms. The van der Waals surface area contributed by atoms with Gasteiger partial charge in [0.25, 0.3) is 5.91 Å². The standard InChI is InChI=1S/C21H25ClN2O3S/c1-16-11-13-24(14-12-16)21(25)18-5-3-17(4-6-18)15-23(2)28(26,27)20-9-7-19(22)8-10-20/h3-10,16H,11-15H2,1-2H3. The Hall–Kier alpha value is -1.89. The zero-order valence-corrected chi connectivity index (χ0v) is 17.7. The topological polar surface area (TPSA) is 57.7 Å². The van der Waals surface area contributed by atoms with E-state index in [2.05, 4.69) is 6.92 Å². The molecule has 28 heavy (non-hydrogen) atoms. The van der Waals surface area contributed by atoms with Crippen LogP contribution in [0.5, 0.6) is 0 Å². The number of carbonyl (C=O) groups is 1. The minimum atomic E-state index is -3.60. The van der Waals surface area contributed by atoms with E-state index in [1.807, 2.05) is 17.0 Å². The van der Waals surface area contributed by atoms with Gasteiger partial charge in [-0.05, 0) is 60.7 Å². The van der Waals surface area contributed by atoms with Gasteiger partial charge >= 0.3 is 0 Å². The number of piperidine rings is 1. The number of carbonyl (C=O) groups excluding carboxylic acids is 1. The Labute approximate surface area is 172 Å². The summed E-state index contributed by atoms with van der Waals surface area (Å²) in [6.45, 7) is 4.03. The smallest absolute Gasteiger partial charge is 0.253 e. The lowest BCUT2D eigenvalue weighted by Crippen LogP contribution is -2.37. The number of hydrogen-bond donors (Lipinski definition) is 0. The molecule has 0 saturated carbocycles. The highest BCUT2D eigenvalue weighted by Gasteiger charge is 2.23. The highest BCUT2D eigenvalue weighted by atomic mass is 35.5. The van der Waals surface area contributed by atoms with Gasteiger partial charge in [0.15, 0.2) is 0 Å². The summed E-state index contributed by atoms with van der Waals surface area (Å²) in [5, 5.41) is 0.491. The van der Waals surface area contributed by atoms with E-state index < -0.39 is 10.0 Å². The van der Waals surface area contributed by atoms with E-state index in [1.54, 1.807) is 24.3 Å². The van der Waals surface area contributed by atoms with Crippen molar-refractivity contribution in [1.29, 1.82) is 0 Å². The quantitative estimate of drug-likeness (QED) is 0.733. The molecular weight excluding hydrogens is 396 g/mol. The van der Waals surface area contributed by atoms with Gasteiger partial charge in [0, 0.05) is 37.3 Å². The molecule has 0 N–H and O–H groups in total. The number of likely N-dealkylation sites (tertiary alicyclic amines) is 1. The van der Waals surface area contributed by atoms with Crippen LogP contribution in [0.2, 0.25) is 5.02 Å². The summed E-state index contributed by atoms with van der Waals surface area (Å²) in [5.74, 6) is 0.713. The summed E-state index contributed by atoms with van der Waals surface area (Å²) < 4.78 is 26.6. The number of rotatable bonds is 5. The predicted molar refractivity (Wildman–Crippen MR) is 111 cm³/mol. The first kappa shape index (κ1) is 20.8. The molecule has 1 saturated heterocycles. The van der Waals surface area contributed by atoms with E-state index in [1.165, 1.54) is 23.5 Å². The normalized spacial score (nSPS) is 15.8. The van der Waals surface area contributed by atoms with E-state index in [0.717, 1.165) is 31.5 Å². The molecule has 150 valence electrons. The molecule has 1 fully saturated rings. The first-order valence-corrected chi connectivity index (χ1v) is 11.2. The molecule has 1 aliphatic heterocycles. The molecule has 5 nitrogen and oxygen atoms in total. The van der Waals surface area contributed by atoms with Crippen LogP contribution in [0, 0.1) is 5.92 Å². The Bertz CT molecular complexity index is 919. The van der Waals surface area contributed by atoms with Crippen LogP contribution in [-0.4, -0.2) is 43.7 Å². The second kappa shape index (κ2) is 8.64. The number of amides is 1. The maximum Gasteiger partial charge on any atom is 0.253 e. The predicted octanol–water partition coefficient (Wildman–Crippen LogP) is 4.03. The molecule has 3 rings (SSSR count). The molecule has 0 aromatic heterocycles. The van der Waals surface area contributed by atoms with Crippen LogP contribution < -0.4 is 0 Å². The lowest BCUT2D eigenvalue weighted by Gasteiger charge is -2.30. The molecule has 0 aliphatic carbocycles. The van der Waals surface area contributed by atoms with Crippen molar-refractivity contribution < 1.29 is 13.2 Å². The molecule has 2 aromatic carbocycles. The van der Waals surface area contributed by atoms with Crippen LogP contribution in [0.15, 0.2) is 53.4 Å². The second-order valence-electron chi connectivity index (χ2n) is 7.39. The third-order valence-electron chi connectivity index (χ3n) is 5.20. The van der Waals surface area contributed by atoms with E-state index in [-0.39, 0.29) is 17.3 Å². The number of nitrogens with zero attached hydrogens (tertiary/aromatic N) is 2. The first-order valence-electron chi connectivity index (χ1n) is 9.37. The zero-order valence-electron chi connectivity index (χ0n) is 16.1. The minimum absolute atomic E-state index is 0.0422. The number of benzene rings is 2. The van der Waals surface area contributed by atoms with Gasteiger partial charge in [-0.25, -0.2) is 8.42 Å². The molecule has 1 amide bonds. The van der Waals surface area contributed by atoms with Crippen LogP contribution in [-0.2, 0) is 16.6 Å². The Morgan fingerprint density at radius 1 is 1.07 bits per heavy atom. The molecule has 0 atom stereocenters. The average Bonchev–Trinajstić information content (AvgIpc) is 2.69. The van der Waals surface area contributed by atoms with Crippen molar-refractivity contribution in [2.24, 2.45) is 5.92 Å². The van der Waals surface area contributed by atoms with Gasteiger partial charge in [-0.3, -0.25) is 4.79 Å². The maximum absolute atomic E-state index is 12.7. The summed E-state index contributed by atoms with van der Waals surface area (Å²) in [6.07, 6.45) is 2.08. The second-order valence-corrected chi connectivity index (χ2v) is 9.87. The first-order chi connectivity index (χ1) is 13.3. The van der Waals surface area contributed by atoms with Crippen LogP contribution in [0.3, 0.4) is 0 Å². The monoisotopic (exact) mass is 420 g/mol. The maximum atomic E-state index is 12.7. The molecule has 2 aromatic rings. The van der Waals surface area contributed by atoms with Gasteiger partial charge in [0.1, 0.15) is 0 Å².